The maximum Gasteiger partial charge on any atom is 0.415 e. The van der Waals surface area contributed by atoms with E-state index in [1.807, 2.05) is 93.6 Å². The molecule has 0 spiro atoms. The minimum Gasteiger partial charge on any atom is -0.497 e. The second-order valence-electron chi connectivity index (χ2n) is 39.9. The quantitative estimate of drug-likeness (QED) is 0.0206. The van der Waals surface area contributed by atoms with E-state index in [0.717, 1.165) is 83.0 Å². The second kappa shape index (κ2) is 43.9. The van der Waals surface area contributed by atoms with Crippen LogP contribution in [0.5, 0.6) is 11.5 Å². The lowest BCUT2D eigenvalue weighted by atomic mass is 9.72. The highest BCUT2D eigenvalue weighted by atomic mass is 35.5. The van der Waals surface area contributed by atoms with Gasteiger partial charge in [-0.25, -0.2) is 28.0 Å². The number of oxazole rings is 2. The van der Waals surface area contributed by atoms with Crippen molar-refractivity contribution in [2.75, 3.05) is 39.4 Å². The number of methoxy groups -OCH3 is 2. The summed E-state index contributed by atoms with van der Waals surface area (Å²) in [6.45, 7) is 28.0. The van der Waals surface area contributed by atoms with Gasteiger partial charge >= 0.3 is 12.2 Å². The van der Waals surface area contributed by atoms with Crippen molar-refractivity contribution in [2.24, 2.45) is 10.8 Å². The fourth-order valence-corrected chi connectivity index (χ4v) is 20.4. The highest BCUT2D eigenvalue weighted by Gasteiger charge is 2.41. The number of carbonyl (C=O) groups is 6. The molecule has 3 N–H and O–H groups in total. The predicted molar refractivity (Wildman–Crippen MR) is 557 cm³/mol. The molecule has 26 heteroatoms. The minimum atomic E-state index is -3.90. The van der Waals surface area contributed by atoms with Gasteiger partial charge in [0.25, 0.3) is 21.8 Å². The van der Waals surface area contributed by atoms with Crippen LogP contribution in [0.1, 0.15) is 227 Å². The maximum atomic E-state index is 14.7. The third kappa shape index (κ3) is 25.4. The lowest BCUT2D eigenvalue weighted by molar-refractivity contribution is -0.122. The SMILES string of the molecule is COc1ccc(C(=O)C(OC(=O)N(c2ccc(/C=C(\C#N)c3nc4cc(C(C)(C)CC(C)(C)C)ccc4o3)c(C)c2)C2CCCC2)C(=O)Nc2cc(Cc3ccccc3C)ccc2Cl)cc1.COc1ccc(C(=O)C(OC(=O)N(c2ccc(/C=C(\C#N)c3nc4cc(C(C)(C)CC(C)(C)C)ccc4o3)c(C)c2)C2CCCC2)C(=O)Nc2cc(Cc3ccccc3NS(=O)(=O)c3ccccc3)ccc2Cl)cc1. The van der Waals surface area contributed by atoms with Crippen LogP contribution in [0.3, 0.4) is 0 Å². The van der Waals surface area contributed by atoms with Gasteiger partial charge < -0.3 is 38.4 Å². The van der Waals surface area contributed by atoms with Crippen LogP contribution in [0.4, 0.5) is 38.0 Å². The molecule has 4 amide bonds. The van der Waals surface area contributed by atoms with Crippen LogP contribution in [0.25, 0.3) is 45.5 Å². The number of rotatable bonds is 31. The van der Waals surface area contributed by atoms with Crippen molar-refractivity contribution in [2.45, 2.75) is 207 Å². The molecule has 2 aliphatic carbocycles. The number of allylic oxidation sites excluding steroid dienone is 2. The van der Waals surface area contributed by atoms with E-state index >= 15 is 0 Å². The van der Waals surface area contributed by atoms with E-state index in [1.54, 1.807) is 127 Å². The van der Waals surface area contributed by atoms with E-state index in [-0.39, 0.29) is 101 Å². The summed E-state index contributed by atoms with van der Waals surface area (Å²) in [6.07, 6.45) is 6.79. The average molecular weight is 1950 g/mol. The Labute approximate surface area is 834 Å². The van der Waals surface area contributed by atoms with Crippen molar-refractivity contribution in [1.29, 1.82) is 10.5 Å². The molecule has 2 aromatic heterocycles. The molecule has 13 aromatic rings. The number of aryl methyl sites for hydroxylation is 3. The van der Waals surface area contributed by atoms with Crippen molar-refractivity contribution in [3.63, 3.8) is 0 Å². The van der Waals surface area contributed by atoms with Gasteiger partial charge in [-0.2, -0.15) is 10.5 Å². The number of nitrogens with one attached hydrogen (secondary N) is 3. The summed E-state index contributed by atoms with van der Waals surface area (Å²) in [5.74, 6) is -1.91. The summed E-state index contributed by atoms with van der Waals surface area (Å²) in [5, 5.41) is 26.7. The first-order valence-corrected chi connectivity index (χ1v) is 49.4. The number of ketones is 2. The highest BCUT2D eigenvalue weighted by Crippen LogP contribution is 2.43. The molecule has 2 aliphatic rings. The molecule has 15 rings (SSSR count). The van der Waals surface area contributed by atoms with Crippen LogP contribution in [0, 0.1) is 54.3 Å². The van der Waals surface area contributed by atoms with Crippen molar-refractivity contribution in [3.8, 4) is 23.6 Å². The zero-order valence-electron chi connectivity index (χ0n) is 82.0. The zero-order chi connectivity index (χ0) is 101. The number of amides is 4. The molecule has 23 nitrogen and oxygen atoms in total. The smallest absolute Gasteiger partial charge is 0.415 e. The number of hydrogen-bond donors (Lipinski definition) is 3. The molecule has 2 heterocycles. The van der Waals surface area contributed by atoms with Crippen molar-refractivity contribution in [1.82, 2.24) is 9.97 Å². The van der Waals surface area contributed by atoms with Crippen LogP contribution in [0.2, 0.25) is 10.0 Å². The number of nitriles is 2. The van der Waals surface area contributed by atoms with Gasteiger partial charge in [0.2, 0.25) is 35.6 Å². The average Bonchev–Trinajstić information content (AvgIpc) is 1.39. The Morgan fingerprint density at radius 2 is 0.865 bits per heavy atom. The van der Waals surface area contributed by atoms with Crippen LogP contribution in [-0.4, -0.2) is 92.5 Å². The van der Waals surface area contributed by atoms with Gasteiger partial charge in [0, 0.05) is 34.6 Å². The van der Waals surface area contributed by atoms with Gasteiger partial charge in [0.05, 0.1) is 46.2 Å². The fraction of sp³-hybridized carbons (Fsp3) is 0.304. The van der Waals surface area contributed by atoms with E-state index in [0.29, 0.717) is 99.6 Å². The second-order valence-corrected chi connectivity index (χ2v) is 42.4. The summed E-state index contributed by atoms with van der Waals surface area (Å²) in [6, 6.07) is 72.4. The molecule has 2 saturated carbocycles. The molecule has 141 heavy (non-hydrogen) atoms. The standard InChI is InChI=1S/C60H60ClN5O8S.C55H57ClN4O6/c1-38-31-46(26-22-41(38)34-43(36-62)57-64-52-35-44(25-30-53(52)73-57)60(5,6)37-59(2,3)4)66(45-16-12-13-17-45)58(69)74-55(54(67)40-23-27-47(72-7)28-24-40)56(68)63-51-33-39(21-29-49(51)61)32-42-15-11-14-20-50(42)65-75(70,71)48-18-9-8-10-19-48;1-34-13-9-10-14-38(34)28-36-17-25-45(56)46(29-36)58-51(62)50(49(61)37-19-23-44(64-8)24-20-37)66-53(63)60(42-15-11-12-16-42)43-22-18-39(35(2)27-43)30-40(32-57)52-59-47-31-41(21-26-48(47)65-52)55(6,7)33-54(3,4)5/h8-11,14-15,18-31,33-35,45,55,65H,12-13,16-17,32,37H2,1-7H3,(H,63,68);9-10,13-14,17-27,29-31,42,50H,11-12,15-16,28,33H2,1-8H3,(H,58,62)/b43-34+;40-30+. The normalized spacial score (nSPS) is 13.8. The number of sulfonamides is 1. The molecule has 0 radical (unpaired) electrons. The molecule has 0 aliphatic heterocycles. The number of Topliss-reactive ketones (excluding diaryl/α,β-unsaturated/α-hetero) is 2. The van der Waals surface area contributed by atoms with Gasteiger partial charge in [-0.1, -0.05) is 215 Å². The van der Waals surface area contributed by atoms with Crippen LogP contribution >= 0.6 is 23.2 Å². The van der Waals surface area contributed by atoms with Crippen LogP contribution in [0.15, 0.2) is 250 Å². The highest BCUT2D eigenvalue weighted by molar-refractivity contribution is 7.92. The number of benzene rings is 11. The number of anilines is 5. The Morgan fingerprint density at radius 1 is 0.468 bits per heavy atom. The van der Waals surface area contributed by atoms with Gasteiger partial charge in [-0.15, -0.1) is 0 Å². The van der Waals surface area contributed by atoms with Crippen molar-refractivity contribution in [3.05, 3.63) is 331 Å². The van der Waals surface area contributed by atoms with Gasteiger partial charge in [-0.3, -0.25) is 33.7 Å². The lowest BCUT2D eigenvalue weighted by Crippen LogP contribution is -2.46. The summed E-state index contributed by atoms with van der Waals surface area (Å²) >= 11 is 13.3. The molecule has 726 valence electrons. The first kappa shape index (κ1) is 102. The number of hydrogen-bond acceptors (Lipinski definition) is 18. The summed E-state index contributed by atoms with van der Waals surface area (Å²) < 4.78 is 64.2. The predicted octanol–water partition coefficient (Wildman–Crippen LogP) is 27.0. The number of fused-ring (bicyclic) bond motifs is 2. The Morgan fingerprint density at radius 3 is 1.26 bits per heavy atom. The van der Waals surface area contributed by atoms with Gasteiger partial charge in [0.15, 0.2) is 11.2 Å². The number of nitrogens with zero attached hydrogens (tertiary/aromatic N) is 6. The summed E-state index contributed by atoms with van der Waals surface area (Å²) in [4.78, 5) is 99.4. The molecule has 0 saturated heterocycles. The van der Waals surface area contributed by atoms with E-state index in [2.05, 4.69) is 109 Å². The molecule has 11 aromatic carbocycles. The van der Waals surface area contributed by atoms with Crippen LogP contribution < -0.4 is 34.6 Å². The van der Waals surface area contributed by atoms with E-state index in [1.165, 1.54) is 60.4 Å². The Kier molecular flexibility index (Phi) is 31.9. The number of halogens is 2. The third-order valence-corrected chi connectivity index (χ3v) is 27.5. The fourth-order valence-electron chi connectivity index (χ4n) is 18.9. The van der Waals surface area contributed by atoms with Gasteiger partial charge in [-0.05, 0) is 307 Å². The van der Waals surface area contributed by atoms with Crippen LogP contribution in [-0.2, 0) is 52.8 Å². The minimum absolute atomic E-state index is 0.0922. The first-order valence-electron chi connectivity index (χ1n) is 47.2. The van der Waals surface area contributed by atoms with Gasteiger partial charge in [0.1, 0.15) is 45.8 Å². The molecular formula is C115H117Cl2N9O14S. The maximum absolute atomic E-state index is 14.7. The Hall–Kier alpha value is -14.4. The molecule has 2 fully saturated rings. The lowest BCUT2D eigenvalue weighted by Gasteiger charge is -2.33. The topological polar surface area (TPSA) is 316 Å². The number of carbonyl (C=O) groups excluding carboxylic acids is 6. The number of para-hydroxylation sites is 1. The molecule has 2 unspecified atom stereocenters. The Bertz CT molecular complexity index is 7130. The van der Waals surface area contributed by atoms with E-state index < -0.39 is 57.8 Å². The number of aromatic nitrogens is 2. The van der Waals surface area contributed by atoms with E-state index in [4.69, 9.17) is 61.0 Å². The Balaban J connectivity index is 0.000000226. The first-order chi connectivity index (χ1) is 67.1. The van der Waals surface area contributed by atoms with Crippen molar-refractivity contribution < 1.29 is 65.0 Å². The third-order valence-electron chi connectivity index (χ3n) is 25.5. The molecule has 0 bridgehead atoms. The van der Waals surface area contributed by atoms with Crippen molar-refractivity contribution >= 4 is 143 Å². The van der Waals surface area contributed by atoms with E-state index in [9.17, 15) is 47.7 Å². The molecular weight excluding hydrogens is 1830 g/mol. The summed E-state index contributed by atoms with van der Waals surface area (Å²) in [5.41, 5.74) is 14.6. The largest absolute Gasteiger partial charge is 0.497 e. The number of ether oxygens (including phenoxy) is 4. The molecule has 2 atom stereocenters. The summed E-state index contributed by atoms with van der Waals surface area (Å²) in [7, 11) is -0.905. The zero-order valence-corrected chi connectivity index (χ0v) is 84.4. The monoisotopic (exact) mass is 1950 g/mol.